The number of anilines is 2. The Morgan fingerprint density at radius 2 is 1.97 bits per heavy atom. The number of benzene rings is 1. The molecule has 9 heteroatoms. The molecule has 1 amide bonds. The predicted molar refractivity (Wildman–Crippen MR) is 112 cm³/mol. The summed E-state index contributed by atoms with van der Waals surface area (Å²) >= 11 is 0. The molecule has 0 radical (unpaired) electrons. The Kier molecular flexibility index (Phi) is 5.78. The van der Waals surface area contributed by atoms with Crippen LogP contribution in [0.4, 0.5) is 11.5 Å². The molecular weight excluding hydrogens is 384 g/mol. The minimum absolute atomic E-state index is 0.0201. The minimum Gasteiger partial charge on any atom is -0.493 e. The Balaban J connectivity index is 1.45. The predicted octanol–water partition coefficient (Wildman–Crippen LogP) is 2.53. The molecule has 1 fully saturated rings. The lowest BCUT2D eigenvalue weighted by Gasteiger charge is -2.32. The molecule has 1 aromatic carbocycles. The monoisotopic (exact) mass is 408 g/mol. The summed E-state index contributed by atoms with van der Waals surface area (Å²) in [5, 5.41) is 7.21. The molecule has 1 unspecified atom stereocenters. The zero-order chi connectivity index (χ0) is 20.9. The number of hydrogen-bond donors (Lipinski definition) is 1. The van der Waals surface area contributed by atoms with E-state index in [2.05, 4.69) is 25.3 Å². The topological polar surface area (TPSA) is 94.4 Å². The Morgan fingerprint density at radius 1 is 1.13 bits per heavy atom. The number of rotatable bonds is 6. The number of carbonyl (C=O) groups is 1. The second kappa shape index (κ2) is 8.81. The van der Waals surface area contributed by atoms with Crippen LogP contribution >= 0.6 is 0 Å². The lowest BCUT2D eigenvalue weighted by molar-refractivity contribution is -0.120. The zero-order valence-corrected chi connectivity index (χ0v) is 17.0. The van der Waals surface area contributed by atoms with Gasteiger partial charge in [-0.05, 0) is 31.0 Å². The molecule has 1 saturated heterocycles. The van der Waals surface area contributed by atoms with Crippen LogP contribution in [0.2, 0.25) is 0 Å². The van der Waals surface area contributed by atoms with Crippen molar-refractivity contribution in [2.24, 2.45) is 5.92 Å². The summed E-state index contributed by atoms with van der Waals surface area (Å²) in [6, 6.07) is 9.08. The van der Waals surface area contributed by atoms with E-state index < -0.39 is 0 Å². The Hall–Kier alpha value is -3.62. The molecule has 9 nitrogen and oxygen atoms in total. The van der Waals surface area contributed by atoms with Crippen molar-refractivity contribution < 1.29 is 14.3 Å². The number of aromatic nitrogens is 4. The smallest absolute Gasteiger partial charge is 0.229 e. The first-order valence-electron chi connectivity index (χ1n) is 9.78. The number of amides is 1. The number of methoxy groups -OCH3 is 2. The first-order chi connectivity index (χ1) is 14.7. The summed E-state index contributed by atoms with van der Waals surface area (Å²) in [7, 11) is 3.15. The van der Waals surface area contributed by atoms with E-state index in [9.17, 15) is 4.79 Å². The molecule has 0 aliphatic carbocycles. The molecular formula is C21H24N6O3. The van der Waals surface area contributed by atoms with Crippen LogP contribution < -0.4 is 19.7 Å². The number of nitrogens with zero attached hydrogens (tertiary/aromatic N) is 5. The van der Waals surface area contributed by atoms with Crippen LogP contribution in [-0.2, 0) is 4.79 Å². The van der Waals surface area contributed by atoms with Crippen molar-refractivity contribution >= 4 is 17.4 Å². The fourth-order valence-electron chi connectivity index (χ4n) is 3.60. The maximum Gasteiger partial charge on any atom is 0.229 e. The van der Waals surface area contributed by atoms with Gasteiger partial charge in [-0.25, -0.2) is 14.6 Å². The number of nitrogens with one attached hydrogen (secondary N) is 1. The number of piperidine rings is 1. The van der Waals surface area contributed by atoms with Crippen molar-refractivity contribution in [1.82, 2.24) is 19.7 Å². The molecule has 1 N–H and O–H groups in total. The highest BCUT2D eigenvalue weighted by molar-refractivity contribution is 5.93. The molecule has 3 heterocycles. The average molecular weight is 408 g/mol. The summed E-state index contributed by atoms with van der Waals surface area (Å²) in [5.74, 6) is 2.52. The van der Waals surface area contributed by atoms with Crippen molar-refractivity contribution in [2.45, 2.75) is 12.8 Å². The van der Waals surface area contributed by atoms with E-state index >= 15 is 0 Å². The Bertz CT molecular complexity index is 1010. The third kappa shape index (κ3) is 4.19. The summed E-state index contributed by atoms with van der Waals surface area (Å²) in [6.07, 6.45) is 6.80. The van der Waals surface area contributed by atoms with E-state index in [1.54, 1.807) is 43.3 Å². The number of hydrogen-bond acceptors (Lipinski definition) is 7. The maximum absolute atomic E-state index is 12.9. The highest BCUT2D eigenvalue weighted by atomic mass is 16.5. The lowest BCUT2D eigenvalue weighted by atomic mass is 9.97. The van der Waals surface area contributed by atoms with Crippen LogP contribution in [0.25, 0.3) is 5.82 Å². The van der Waals surface area contributed by atoms with Gasteiger partial charge in [0, 0.05) is 43.3 Å². The van der Waals surface area contributed by atoms with Gasteiger partial charge in [0.15, 0.2) is 17.3 Å². The van der Waals surface area contributed by atoms with E-state index in [0.717, 1.165) is 25.2 Å². The second-order valence-electron chi connectivity index (χ2n) is 7.03. The SMILES string of the molecule is COc1ccc(NC(=O)C2CCCN(c3cc(-n4cccn4)ncn3)C2)cc1OC. The van der Waals surface area contributed by atoms with Crippen LogP contribution in [0.1, 0.15) is 12.8 Å². The molecule has 30 heavy (non-hydrogen) atoms. The van der Waals surface area contributed by atoms with Crippen molar-refractivity contribution in [3.8, 4) is 17.3 Å². The minimum atomic E-state index is -0.144. The van der Waals surface area contributed by atoms with Crippen LogP contribution in [0.15, 0.2) is 49.1 Å². The molecule has 1 atom stereocenters. The highest BCUT2D eigenvalue weighted by Gasteiger charge is 2.27. The summed E-state index contributed by atoms with van der Waals surface area (Å²) in [6.45, 7) is 1.43. The lowest BCUT2D eigenvalue weighted by Crippen LogP contribution is -2.41. The molecule has 0 bridgehead atoms. The van der Waals surface area contributed by atoms with Gasteiger partial charge in [-0.15, -0.1) is 0 Å². The highest BCUT2D eigenvalue weighted by Crippen LogP contribution is 2.30. The van der Waals surface area contributed by atoms with E-state index in [1.807, 2.05) is 18.3 Å². The first-order valence-corrected chi connectivity index (χ1v) is 9.78. The van der Waals surface area contributed by atoms with Gasteiger partial charge in [0.1, 0.15) is 12.1 Å². The first kappa shape index (κ1) is 19.7. The molecule has 4 rings (SSSR count). The van der Waals surface area contributed by atoms with Crippen LogP contribution in [-0.4, -0.2) is 53.0 Å². The standard InChI is InChI=1S/C21H24N6O3/c1-29-17-7-6-16(11-18(17)30-2)25-21(28)15-5-3-9-26(13-15)19-12-20(23-14-22-19)27-10-4-8-24-27/h4,6-8,10-12,14-15H,3,5,9,13H2,1-2H3,(H,25,28). The van der Waals surface area contributed by atoms with E-state index in [0.29, 0.717) is 29.5 Å². The fraction of sp³-hybridized carbons (Fsp3) is 0.333. The quantitative estimate of drug-likeness (QED) is 0.670. The van der Waals surface area contributed by atoms with Crippen LogP contribution in [0, 0.1) is 5.92 Å². The maximum atomic E-state index is 12.9. The van der Waals surface area contributed by atoms with Crippen LogP contribution in [0.5, 0.6) is 11.5 Å². The molecule has 3 aromatic rings. The molecule has 1 aliphatic rings. The van der Waals surface area contributed by atoms with Gasteiger partial charge in [-0.3, -0.25) is 4.79 Å². The Labute approximate surface area is 174 Å². The van der Waals surface area contributed by atoms with Gasteiger partial charge in [-0.1, -0.05) is 0 Å². The van der Waals surface area contributed by atoms with Gasteiger partial charge in [0.25, 0.3) is 0 Å². The van der Waals surface area contributed by atoms with E-state index in [-0.39, 0.29) is 11.8 Å². The molecule has 2 aromatic heterocycles. The Morgan fingerprint density at radius 3 is 2.73 bits per heavy atom. The third-order valence-corrected chi connectivity index (χ3v) is 5.14. The second-order valence-corrected chi connectivity index (χ2v) is 7.03. The van der Waals surface area contributed by atoms with Gasteiger partial charge in [0.2, 0.25) is 5.91 Å². The summed E-state index contributed by atoms with van der Waals surface area (Å²) in [4.78, 5) is 23.7. The van der Waals surface area contributed by atoms with E-state index in [4.69, 9.17) is 9.47 Å². The molecule has 0 saturated carbocycles. The largest absolute Gasteiger partial charge is 0.493 e. The summed E-state index contributed by atoms with van der Waals surface area (Å²) in [5.41, 5.74) is 0.678. The number of ether oxygens (including phenoxy) is 2. The number of carbonyl (C=O) groups excluding carboxylic acids is 1. The van der Waals surface area contributed by atoms with Gasteiger partial charge in [0.05, 0.1) is 20.1 Å². The summed E-state index contributed by atoms with van der Waals surface area (Å²) < 4.78 is 12.3. The van der Waals surface area contributed by atoms with Gasteiger partial charge >= 0.3 is 0 Å². The molecule has 0 spiro atoms. The van der Waals surface area contributed by atoms with Gasteiger partial charge in [-0.2, -0.15) is 5.10 Å². The third-order valence-electron chi connectivity index (χ3n) is 5.14. The normalized spacial score (nSPS) is 16.2. The average Bonchev–Trinajstić information content (AvgIpc) is 3.34. The van der Waals surface area contributed by atoms with Crippen molar-refractivity contribution in [2.75, 3.05) is 37.5 Å². The fourth-order valence-corrected chi connectivity index (χ4v) is 3.60. The molecule has 156 valence electrons. The zero-order valence-electron chi connectivity index (χ0n) is 17.0. The molecule has 1 aliphatic heterocycles. The van der Waals surface area contributed by atoms with Crippen LogP contribution in [0.3, 0.4) is 0 Å². The van der Waals surface area contributed by atoms with Crippen molar-refractivity contribution in [3.05, 3.63) is 49.1 Å². The van der Waals surface area contributed by atoms with Crippen molar-refractivity contribution in [3.63, 3.8) is 0 Å². The van der Waals surface area contributed by atoms with Gasteiger partial charge < -0.3 is 19.7 Å². The van der Waals surface area contributed by atoms with E-state index in [1.165, 1.54) is 6.33 Å². The van der Waals surface area contributed by atoms with Crippen molar-refractivity contribution in [1.29, 1.82) is 0 Å².